The van der Waals surface area contributed by atoms with Crippen LogP contribution in [0.4, 0.5) is 0 Å². The van der Waals surface area contributed by atoms with Gasteiger partial charge in [0.2, 0.25) is 0 Å². The van der Waals surface area contributed by atoms with Gasteiger partial charge >= 0.3 is 0 Å². The van der Waals surface area contributed by atoms with Crippen LogP contribution in [0.5, 0.6) is 0 Å². The Morgan fingerprint density at radius 1 is 1.38 bits per heavy atom. The van der Waals surface area contributed by atoms with Crippen LogP contribution >= 0.6 is 0 Å². The summed E-state index contributed by atoms with van der Waals surface area (Å²) in [6.07, 6.45) is 6.13. The van der Waals surface area contributed by atoms with E-state index in [0.29, 0.717) is 18.1 Å². The van der Waals surface area contributed by atoms with Gasteiger partial charge in [0, 0.05) is 5.92 Å². The van der Waals surface area contributed by atoms with Crippen LogP contribution in [0, 0.1) is 11.8 Å². The Labute approximate surface area is 81.2 Å². The zero-order valence-corrected chi connectivity index (χ0v) is 8.75. The Morgan fingerprint density at radius 3 is 2.69 bits per heavy atom. The molecule has 0 radical (unpaired) electrons. The van der Waals surface area contributed by atoms with Gasteiger partial charge in [-0.15, -0.1) is 0 Å². The lowest BCUT2D eigenvalue weighted by atomic mass is 9.66. The van der Waals surface area contributed by atoms with Gasteiger partial charge in [-0.25, -0.2) is 0 Å². The zero-order chi connectivity index (χ0) is 9.42. The molecule has 0 saturated heterocycles. The van der Waals surface area contributed by atoms with Crippen molar-refractivity contribution < 1.29 is 4.74 Å². The van der Waals surface area contributed by atoms with Crippen molar-refractivity contribution in [3.63, 3.8) is 0 Å². The summed E-state index contributed by atoms with van der Waals surface area (Å²) in [5, 5.41) is 0. The van der Waals surface area contributed by atoms with Crippen LogP contribution in [-0.4, -0.2) is 12.2 Å². The lowest BCUT2D eigenvalue weighted by Gasteiger charge is -2.44. The lowest BCUT2D eigenvalue weighted by molar-refractivity contribution is -0.0612. The topological polar surface area (TPSA) is 9.23 Å². The Morgan fingerprint density at radius 2 is 2.15 bits per heavy atom. The minimum atomic E-state index is 0.372. The van der Waals surface area contributed by atoms with Gasteiger partial charge in [0.15, 0.2) is 0 Å². The summed E-state index contributed by atoms with van der Waals surface area (Å²) < 4.78 is 5.93. The third-order valence-electron chi connectivity index (χ3n) is 3.42. The van der Waals surface area contributed by atoms with Crippen molar-refractivity contribution in [3.8, 4) is 0 Å². The van der Waals surface area contributed by atoms with E-state index in [1.165, 1.54) is 31.3 Å². The van der Waals surface area contributed by atoms with Crippen molar-refractivity contribution in [2.45, 2.75) is 51.7 Å². The highest BCUT2D eigenvalue weighted by Crippen LogP contribution is 2.45. The molecule has 0 heterocycles. The number of ether oxygens (including phenoxy) is 1. The fourth-order valence-electron chi connectivity index (χ4n) is 2.89. The van der Waals surface area contributed by atoms with E-state index in [-0.39, 0.29) is 0 Å². The smallest absolute Gasteiger partial charge is 0.0646 e. The molecule has 13 heavy (non-hydrogen) atoms. The van der Waals surface area contributed by atoms with Crippen LogP contribution < -0.4 is 0 Å². The second-order valence-electron chi connectivity index (χ2n) is 4.87. The SMILES string of the molecule is C=C1C[C@@H]2CC[C@H]1[C@H](OC(C)C)C2. The van der Waals surface area contributed by atoms with E-state index in [1.54, 1.807) is 0 Å². The number of fused-ring (bicyclic) bond motifs is 3. The maximum atomic E-state index is 5.93. The summed E-state index contributed by atoms with van der Waals surface area (Å²) in [6.45, 7) is 8.43. The monoisotopic (exact) mass is 180 g/mol. The molecule has 0 amide bonds. The van der Waals surface area contributed by atoms with E-state index < -0.39 is 0 Å². The van der Waals surface area contributed by atoms with Gasteiger partial charge in [-0.3, -0.25) is 0 Å². The van der Waals surface area contributed by atoms with Crippen LogP contribution in [0.3, 0.4) is 0 Å². The molecule has 0 aromatic rings. The van der Waals surface area contributed by atoms with Crippen molar-refractivity contribution in [1.82, 2.24) is 0 Å². The van der Waals surface area contributed by atoms with Crippen molar-refractivity contribution in [3.05, 3.63) is 12.2 Å². The minimum absolute atomic E-state index is 0.372. The molecule has 3 aliphatic carbocycles. The van der Waals surface area contributed by atoms with Crippen LogP contribution in [-0.2, 0) is 4.74 Å². The molecule has 0 unspecified atom stereocenters. The molecule has 0 aliphatic heterocycles. The maximum absolute atomic E-state index is 5.93. The maximum Gasteiger partial charge on any atom is 0.0646 e. The Kier molecular flexibility index (Phi) is 2.46. The van der Waals surface area contributed by atoms with Crippen LogP contribution in [0.1, 0.15) is 39.5 Å². The molecule has 0 spiro atoms. The molecule has 1 heteroatoms. The first-order valence-electron chi connectivity index (χ1n) is 5.50. The molecule has 2 bridgehead atoms. The summed E-state index contributed by atoms with van der Waals surface area (Å²) in [6, 6.07) is 0. The molecule has 1 nitrogen and oxygen atoms in total. The predicted octanol–water partition coefficient (Wildman–Crippen LogP) is 3.16. The predicted molar refractivity (Wildman–Crippen MR) is 54.6 cm³/mol. The van der Waals surface area contributed by atoms with Gasteiger partial charge in [-0.05, 0) is 45.4 Å². The van der Waals surface area contributed by atoms with Crippen molar-refractivity contribution in [2.24, 2.45) is 11.8 Å². The first kappa shape index (κ1) is 9.26. The molecule has 0 aromatic heterocycles. The molecular formula is C12H20O. The van der Waals surface area contributed by atoms with Gasteiger partial charge < -0.3 is 4.74 Å². The molecule has 74 valence electrons. The Bertz CT molecular complexity index is 205. The fourth-order valence-corrected chi connectivity index (χ4v) is 2.89. The summed E-state index contributed by atoms with van der Waals surface area (Å²) >= 11 is 0. The molecule has 3 saturated carbocycles. The lowest BCUT2D eigenvalue weighted by Crippen LogP contribution is -2.39. The Hall–Kier alpha value is -0.300. The van der Waals surface area contributed by atoms with Gasteiger partial charge in [-0.2, -0.15) is 0 Å². The molecule has 3 fully saturated rings. The fraction of sp³-hybridized carbons (Fsp3) is 0.833. The number of rotatable bonds is 2. The van der Waals surface area contributed by atoms with Gasteiger partial charge in [0.1, 0.15) is 0 Å². The second kappa shape index (κ2) is 3.45. The summed E-state index contributed by atoms with van der Waals surface area (Å²) in [5.74, 6) is 1.55. The van der Waals surface area contributed by atoms with Gasteiger partial charge in [0.25, 0.3) is 0 Å². The van der Waals surface area contributed by atoms with E-state index >= 15 is 0 Å². The highest BCUT2D eigenvalue weighted by molar-refractivity contribution is 5.12. The van der Waals surface area contributed by atoms with E-state index in [1.807, 2.05) is 0 Å². The molecule has 3 atom stereocenters. The molecule has 0 N–H and O–H groups in total. The number of hydrogen-bond donors (Lipinski definition) is 0. The quantitative estimate of drug-likeness (QED) is 0.593. The van der Waals surface area contributed by atoms with Crippen LogP contribution in [0.25, 0.3) is 0 Å². The summed E-state index contributed by atoms with van der Waals surface area (Å²) in [7, 11) is 0. The van der Waals surface area contributed by atoms with Crippen molar-refractivity contribution >= 4 is 0 Å². The first-order valence-corrected chi connectivity index (χ1v) is 5.50. The third kappa shape index (κ3) is 1.80. The molecular weight excluding hydrogens is 160 g/mol. The second-order valence-corrected chi connectivity index (χ2v) is 4.87. The molecule has 0 aromatic carbocycles. The largest absolute Gasteiger partial charge is 0.375 e. The molecule has 3 rings (SSSR count). The summed E-state index contributed by atoms with van der Waals surface area (Å²) in [5.41, 5.74) is 1.45. The average molecular weight is 180 g/mol. The van der Waals surface area contributed by atoms with E-state index in [2.05, 4.69) is 20.4 Å². The van der Waals surface area contributed by atoms with Crippen LogP contribution in [0.15, 0.2) is 12.2 Å². The standard InChI is InChI=1S/C12H20O/c1-8(2)13-12-7-10-4-5-11(12)9(3)6-10/h8,10-12H,3-7H2,1-2H3/t10-,11+,12+/m0/s1. The van der Waals surface area contributed by atoms with E-state index in [4.69, 9.17) is 4.74 Å². The zero-order valence-electron chi connectivity index (χ0n) is 8.75. The van der Waals surface area contributed by atoms with Crippen LogP contribution in [0.2, 0.25) is 0 Å². The average Bonchev–Trinajstić information content (AvgIpc) is 2.02. The van der Waals surface area contributed by atoms with Gasteiger partial charge in [-0.1, -0.05) is 12.2 Å². The highest BCUT2D eigenvalue weighted by atomic mass is 16.5. The van der Waals surface area contributed by atoms with Crippen molar-refractivity contribution in [2.75, 3.05) is 0 Å². The highest BCUT2D eigenvalue weighted by Gasteiger charge is 2.38. The van der Waals surface area contributed by atoms with Gasteiger partial charge in [0.05, 0.1) is 12.2 Å². The van der Waals surface area contributed by atoms with E-state index in [0.717, 1.165) is 5.92 Å². The van der Waals surface area contributed by atoms with Crippen molar-refractivity contribution in [1.29, 1.82) is 0 Å². The first-order chi connectivity index (χ1) is 6.16. The van der Waals surface area contributed by atoms with E-state index in [9.17, 15) is 0 Å². The number of hydrogen-bond acceptors (Lipinski definition) is 1. The summed E-state index contributed by atoms with van der Waals surface area (Å²) in [4.78, 5) is 0. The minimum Gasteiger partial charge on any atom is -0.375 e. The normalized spacial score (nSPS) is 38.7. The third-order valence-corrected chi connectivity index (χ3v) is 3.42. The Balaban J connectivity index is 2.02. The molecule has 3 aliphatic rings.